The summed E-state index contributed by atoms with van der Waals surface area (Å²) in [4.78, 5) is 0.0522. The summed E-state index contributed by atoms with van der Waals surface area (Å²) in [6.07, 6.45) is 0. The molecule has 0 spiro atoms. The van der Waals surface area contributed by atoms with Crippen LogP contribution in [0.5, 0.6) is 5.75 Å². The summed E-state index contributed by atoms with van der Waals surface area (Å²) in [5.74, 6) is 0.702. The molecule has 2 aromatic carbocycles. The topological polar surface area (TPSA) is 9.23 Å². The summed E-state index contributed by atoms with van der Waals surface area (Å²) in [6, 6.07) is 10.7. The van der Waals surface area contributed by atoms with Gasteiger partial charge in [0.25, 0.3) is 0 Å². The van der Waals surface area contributed by atoms with Gasteiger partial charge in [0.1, 0.15) is 11.6 Å². The highest BCUT2D eigenvalue weighted by molar-refractivity contribution is 9.09. The molecule has 0 aliphatic carbocycles. The van der Waals surface area contributed by atoms with Gasteiger partial charge in [0, 0.05) is 0 Å². The van der Waals surface area contributed by atoms with Crippen LogP contribution in [0.15, 0.2) is 36.4 Å². The zero-order chi connectivity index (χ0) is 14.0. The summed E-state index contributed by atoms with van der Waals surface area (Å²) < 4.78 is 18.3. The Kier molecular flexibility index (Phi) is 4.25. The Morgan fingerprint density at radius 1 is 1.00 bits per heavy atom. The monoisotopic (exact) mass is 322 g/mol. The van der Waals surface area contributed by atoms with E-state index in [1.807, 2.05) is 13.8 Å². The average molecular weight is 323 g/mol. The smallest absolute Gasteiger partial charge is 0.124 e. The normalized spacial score (nSPS) is 12.3. The fraction of sp³-hybridized carbons (Fsp3) is 0.250. The van der Waals surface area contributed by atoms with Gasteiger partial charge < -0.3 is 4.74 Å². The van der Waals surface area contributed by atoms with Crippen molar-refractivity contribution < 1.29 is 9.13 Å². The van der Waals surface area contributed by atoms with Crippen LogP contribution in [-0.2, 0) is 0 Å². The number of hydrogen-bond donors (Lipinski definition) is 0. The van der Waals surface area contributed by atoms with Crippen molar-refractivity contribution in [2.45, 2.75) is 18.7 Å². The number of aryl methyl sites for hydroxylation is 2. The van der Waals surface area contributed by atoms with Gasteiger partial charge >= 0.3 is 0 Å². The van der Waals surface area contributed by atoms with E-state index in [0.29, 0.717) is 0 Å². The molecular formula is C16H16BrFO. The van der Waals surface area contributed by atoms with Crippen LogP contribution in [0.1, 0.15) is 27.1 Å². The number of ether oxygens (including phenoxy) is 1. The Morgan fingerprint density at radius 2 is 1.53 bits per heavy atom. The first-order valence-electron chi connectivity index (χ1n) is 6.07. The molecule has 1 atom stereocenters. The zero-order valence-corrected chi connectivity index (χ0v) is 12.8. The van der Waals surface area contributed by atoms with Crippen LogP contribution in [0, 0.1) is 19.7 Å². The number of rotatable bonds is 3. The lowest BCUT2D eigenvalue weighted by Crippen LogP contribution is -1.98. The molecule has 0 saturated heterocycles. The summed E-state index contributed by atoms with van der Waals surface area (Å²) in [6.45, 7) is 4.05. The number of alkyl halides is 1. The van der Waals surface area contributed by atoms with E-state index in [9.17, 15) is 4.39 Å². The maximum atomic E-state index is 12.9. The van der Waals surface area contributed by atoms with Gasteiger partial charge in [-0.05, 0) is 48.2 Å². The maximum absolute atomic E-state index is 12.9. The van der Waals surface area contributed by atoms with E-state index in [1.165, 1.54) is 12.1 Å². The van der Waals surface area contributed by atoms with Crippen LogP contribution in [-0.4, -0.2) is 7.11 Å². The third-order valence-corrected chi connectivity index (χ3v) is 4.20. The van der Waals surface area contributed by atoms with Gasteiger partial charge in [0.05, 0.1) is 11.9 Å². The van der Waals surface area contributed by atoms with Crippen molar-refractivity contribution in [1.29, 1.82) is 0 Å². The Bertz CT molecular complexity index is 555. The van der Waals surface area contributed by atoms with Crippen LogP contribution in [0.4, 0.5) is 4.39 Å². The molecule has 1 unspecified atom stereocenters. The molecule has 0 aliphatic rings. The van der Waals surface area contributed by atoms with Crippen molar-refractivity contribution >= 4 is 15.9 Å². The molecule has 1 nitrogen and oxygen atoms in total. The molecule has 2 aromatic rings. The van der Waals surface area contributed by atoms with Crippen molar-refractivity contribution in [2.75, 3.05) is 7.11 Å². The Balaban J connectivity index is 2.39. The van der Waals surface area contributed by atoms with E-state index in [1.54, 1.807) is 19.2 Å². The molecule has 0 aromatic heterocycles. The summed E-state index contributed by atoms with van der Waals surface area (Å²) in [5, 5.41) is 0. The molecule has 2 rings (SSSR count). The van der Waals surface area contributed by atoms with Gasteiger partial charge in [-0.25, -0.2) is 4.39 Å². The molecule has 0 radical (unpaired) electrons. The molecule has 0 saturated carbocycles. The van der Waals surface area contributed by atoms with Crippen LogP contribution in [0.3, 0.4) is 0 Å². The largest absolute Gasteiger partial charge is 0.496 e. The molecule has 0 fully saturated rings. The van der Waals surface area contributed by atoms with Crippen LogP contribution in [0.2, 0.25) is 0 Å². The van der Waals surface area contributed by atoms with Gasteiger partial charge in [-0.15, -0.1) is 0 Å². The molecule has 0 amide bonds. The zero-order valence-electron chi connectivity index (χ0n) is 11.2. The molecule has 0 heterocycles. The highest BCUT2D eigenvalue weighted by atomic mass is 79.9. The van der Waals surface area contributed by atoms with Gasteiger partial charge in [-0.3, -0.25) is 0 Å². The first-order valence-corrected chi connectivity index (χ1v) is 6.99. The number of methoxy groups -OCH3 is 1. The minimum absolute atomic E-state index is 0.0522. The van der Waals surface area contributed by atoms with Crippen LogP contribution >= 0.6 is 15.9 Å². The van der Waals surface area contributed by atoms with Crippen molar-refractivity contribution in [3.8, 4) is 5.75 Å². The second-order valence-corrected chi connectivity index (χ2v) is 5.52. The highest BCUT2D eigenvalue weighted by Crippen LogP contribution is 2.35. The Labute approximate surface area is 121 Å². The quantitative estimate of drug-likeness (QED) is 0.727. The standard InChI is InChI=1S/C16H16BrFO/c1-10-8-13(9-11(2)16(10)19-3)15(17)12-4-6-14(18)7-5-12/h4-9,15H,1-3H3. The van der Waals surface area contributed by atoms with Gasteiger partial charge in [-0.1, -0.05) is 40.2 Å². The van der Waals surface area contributed by atoms with Crippen molar-refractivity contribution in [1.82, 2.24) is 0 Å². The minimum Gasteiger partial charge on any atom is -0.496 e. The first kappa shape index (κ1) is 14.1. The molecule has 0 bridgehead atoms. The first-order chi connectivity index (χ1) is 9.02. The van der Waals surface area contributed by atoms with E-state index in [0.717, 1.165) is 28.0 Å². The minimum atomic E-state index is -0.217. The molecule has 0 aliphatic heterocycles. The maximum Gasteiger partial charge on any atom is 0.124 e. The van der Waals surface area contributed by atoms with E-state index in [2.05, 4.69) is 28.1 Å². The average Bonchev–Trinajstić information content (AvgIpc) is 2.38. The number of hydrogen-bond acceptors (Lipinski definition) is 1. The van der Waals surface area contributed by atoms with Gasteiger partial charge in [-0.2, -0.15) is 0 Å². The Morgan fingerprint density at radius 3 is 2.00 bits per heavy atom. The van der Waals surface area contributed by atoms with Crippen molar-refractivity contribution in [3.63, 3.8) is 0 Å². The summed E-state index contributed by atoms with van der Waals surface area (Å²) in [7, 11) is 1.68. The molecule has 100 valence electrons. The Hall–Kier alpha value is -1.35. The SMILES string of the molecule is COc1c(C)cc(C(Br)c2ccc(F)cc2)cc1C. The number of halogens is 2. The third-order valence-electron chi connectivity index (χ3n) is 3.14. The third kappa shape index (κ3) is 2.98. The van der Waals surface area contributed by atoms with Crippen molar-refractivity contribution in [3.05, 3.63) is 64.5 Å². The summed E-state index contributed by atoms with van der Waals surface area (Å²) in [5.41, 5.74) is 4.38. The lowest BCUT2D eigenvalue weighted by molar-refractivity contribution is 0.408. The predicted molar refractivity (Wildman–Crippen MR) is 79.6 cm³/mol. The molecule has 3 heteroatoms. The predicted octanol–water partition coefficient (Wildman–Crippen LogP) is 4.94. The molecular weight excluding hydrogens is 307 g/mol. The summed E-state index contributed by atoms with van der Waals surface area (Å²) >= 11 is 3.67. The van der Waals surface area contributed by atoms with Crippen LogP contribution < -0.4 is 4.74 Å². The lowest BCUT2D eigenvalue weighted by Gasteiger charge is -2.15. The van der Waals surface area contributed by atoms with E-state index >= 15 is 0 Å². The molecule has 19 heavy (non-hydrogen) atoms. The fourth-order valence-electron chi connectivity index (χ4n) is 2.28. The van der Waals surface area contributed by atoms with Crippen LogP contribution in [0.25, 0.3) is 0 Å². The van der Waals surface area contributed by atoms with E-state index < -0.39 is 0 Å². The second-order valence-electron chi connectivity index (χ2n) is 4.60. The van der Waals surface area contributed by atoms with Gasteiger partial charge in [0.15, 0.2) is 0 Å². The van der Waals surface area contributed by atoms with E-state index in [-0.39, 0.29) is 10.6 Å². The molecule has 0 N–H and O–H groups in total. The van der Waals surface area contributed by atoms with Crippen molar-refractivity contribution in [2.24, 2.45) is 0 Å². The number of benzene rings is 2. The van der Waals surface area contributed by atoms with E-state index in [4.69, 9.17) is 4.74 Å². The second kappa shape index (κ2) is 5.74. The highest BCUT2D eigenvalue weighted by Gasteiger charge is 2.13. The lowest BCUT2D eigenvalue weighted by atomic mass is 9.99. The fourth-order valence-corrected chi connectivity index (χ4v) is 2.85. The van der Waals surface area contributed by atoms with Gasteiger partial charge in [0.2, 0.25) is 0 Å².